The molecule has 1 aromatic heterocycles. The molecule has 1 aliphatic rings. The van der Waals surface area contributed by atoms with E-state index >= 15 is 0 Å². The highest BCUT2D eigenvalue weighted by Gasteiger charge is 2.20. The highest BCUT2D eigenvalue weighted by molar-refractivity contribution is 5.64. The van der Waals surface area contributed by atoms with Crippen LogP contribution in [0.15, 0.2) is 54.7 Å². The second-order valence-corrected chi connectivity index (χ2v) is 7.44. The van der Waals surface area contributed by atoms with Crippen molar-refractivity contribution >= 4 is 5.69 Å². The van der Waals surface area contributed by atoms with Gasteiger partial charge in [0.25, 0.3) is 0 Å². The lowest BCUT2D eigenvalue weighted by molar-refractivity contribution is 0.260. The summed E-state index contributed by atoms with van der Waals surface area (Å²) < 4.78 is 7.43. The molecule has 0 saturated carbocycles. The molecule has 0 bridgehead atoms. The van der Waals surface area contributed by atoms with Gasteiger partial charge in [-0.2, -0.15) is 5.10 Å². The van der Waals surface area contributed by atoms with Crippen LogP contribution >= 0.6 is 0 Å². The average molecular weight is 393 g/mol. The van der Waals surface area contributed by atoms with E-state index in [4.69, 9.17) is 4.74 Å². The SMILES string of the molecule is COc1ccccc1N1CCN(CCc2cnn(C)c2-c2ccc(O)cc2)CC1. The van der Waals surface area contributed by atoms with Crippen molar-refractivity contribution in [3.63, 3.8) is 0 Å². The molecule has 0 aliphatic carbocycles. The normalized spacial score (nSPS) is 14.9. The van der Waals surface area contributed by atoms with Gasteiger partial charge in [-0.05, 0) is 48.4 Å². The first-order chi connectivity index (χ1) is 14.2. The van der Waals surface area contributed by atoms with Crippen molar-refractivity contribution in [1.82, 2.24) is 14.7 Å². The van der Waals surface area contributed by atoms with E-state index in [1.54, 1.807) is 19.2 Å². The Labute approximate surface area is 171 Å². The molecule has 1 fully saturated rings. The first-order valence-electron chi connectivity index (χ1n) is 10.1. The summed E-state index contributed by atoms with van der Waals surface area (Å²) in [7, 11) is 3.70. The lowest BCUT2D eigenvalue weighted by Gasteiger charge is -2.36. The maximum atomic E-state index is 9.56. The van der Waals surface area contributed by atoms with E-state index in [1.165, 1.54) is 11.3 Å². The number of para-hydroxylation sites is 2. The number of aryl methyl sites for hydroxylation is 1. The summed E-state index contributed by atoms with van der Waals surface area (Å²) >= 11 is 0. The van der Waals surface area contributed by atoms with Crippen LogP contribution in [0.5, 0.6) is 11.5 Å². The van der Waals surface area contributed by atoms with Crippen molar-refractivity contribution in [3.8, 4) is 22.8 Å². The van der Waals surface area contributed by atoms with Crippen molar-refractivity contribution in [2.24, 2.45) is 7.05 Å². The fraction of sp³-hybridized carbons (Fsp3) is 0.348. The van der Waals surface area contributed by atoms with E-state index in [0.717, 1.165) is 56.2 Å². The molecule has 6 heteroatoms. The molecule has 1 N–H and O–H groups in total. The number of aromatic nitrogens is 2. The first kappa shape index (κ1) is 19.3. The van der Waals surface area contributed by atoms with Crippen molar-refractivity contribution in [1.29, 1.82) is 0 Å². The van der Waals surface area contributed by atoms with Gasteiger partial charge in [-0.25, -0.2) is 0 Å². The van der Waals surface area contributed by atoms with Crippen LogP contribution in [-0.2, 0) is 13.5 Å². The van der Waals surface area contributed by atoms with Crippen molar-refractivity contribution in [2.75, 3.05) is 44.7 Å². The molecule has 0 amide bonds. The molecule has 3 aromatic rings. The summed E-state index contributed by atoms with van der Waals surface area (Å²) in [6.45, 7) is 5.08. The van der Waals surface area contributed by atoms with Gasteiger partial charge in [-0.3, -0.25) is 9.58 Å². The molecule has 0 radical (unpaired) electrons. The summed E-state index contributed by atoms with van der Waals surface area (Å²) in [6, 6.07) is 15.6. The summed E-state index contributed by atoms with van der Waals surface area (Å²) in [6.07, 6.45) is 2.92. The van der Waals surface area contributed by atoms with Crippen LogP contribution in [0.4, 0.5) is 5.69 Å². The topological polar surface area (TPSA) is 53.8 Å². The minimum Gasteiger partial charge on any atom is -0.508 e. The van der Waals surface area contributed by atoms with E-state index in [9.17, 15) is 5.11 Å². The van der Waals surface area contributed by atoms with Gasteiger partial charge in [0.1, 0.15) is 11.5 Å². The highest BCUT2D eigenvalue weighted by Crippen LogP contribution is 2.29. The molecule has 0 atom stereocenters. The van der Waals surface area contributed by atoms with Gasteiger partial charge < -0.3 is 14.7 Å². The van der Waals surface area contributed by atoms with Crippen LogP contribution in [-0.4, -0.2) is 59.6 Å². The van der Waals surface area contributed by atoms with Gasteiger partial charge >= 0.3 is 0 Å². The zero-order valence-electron chi connectivity index (χ0n) is 17.1. The van der Waals surface area contributed by atoms with E-state index in [0.29, 0.717) is 0 Å². The molecule has 2 heterocycles. The number of nitrogens with zero attached hydrogens (tertiary/aromatic N) is 4. The van der Waals surface area contributed by atoms with Crippen molar-refractivity contribution < 1.29 is 9.84 Å². The first-order valence-corrected chi connectivity index (χ1v) is 10.1. The number of aromatic hydroxyl groups is 1. The van der Waals surface area contributed by atoms with E-state index in [-0.39, 0.29) is 5.75 Å². The minimum absolute atomic E-state index is 0.283. The largest absolute Gasteiger partial charge is 0.508 e. The zero-order valence-corrected chi connectivity index (χ0v) is 17.1. The number of methoxy groups -OCH3 is 1. The smallest absolute Gasteiger partial charge is 0.142 e. The quantitative estimate of drug-likeness (QED) is 0.698. The number of phenols is 1. The number of piperazine rings is 1. The number of hydrogen-bond acceptors (Lipinski definition) is 5. The Morgan fingerprint density at radius 2 is 1.72 bits per heavy atom. The second kappa shape index (κ2) is 8.57. The molecule has 152 valence electrons. The molecule has 1 aliphatic heterocycles. The number of rotatable bonds is 6. The Balaban J connectivity index is 1.37. The van der Waals surface area contributed by atoms with Gasteiger partial charge in [0, 0.05) is 45.3 Å². The lowest BCUT2D eigenvalue weighted by atomic mass is 10.1. The van der Waals surface area contributed by atoms with E-state index in [2.05, 4.69) is 27.0 Å². The van der Waals surface area contributed by atoms with Gasteiger partial charge in [-0.1, -0.05) is 12.1 Å². The van der Waals surface area contributed by atoms with Crippen LogP contribution in [0, 0.1) is 0 Å². The number of ether oxygens (including phenoxy) is 1. The fourth-order valence-corrected chi connectivity index (χ4v) is 4.04. The predicted molar refractivity (Wildman–Crippen MR) is 116 cm³/mol. The maximum absolute atomic E-state index is 9.56. The third kappa shape index (κ3) is 4.22. The number of benzene rings is 2. The molecular formula is C23H28N4O2. The third-order valence-electron chi connectivity index (χ3n) is 5.65. The van der Waals surface area contributed by atoms with Crippen LogP contribution < -0.4 is 9.64 Å². The van der Waals surface area contributed by atoms with Gasteiger partial charge in [0.05, 0.1) is 24.7 Å². The highest BCUT2D eigenvalue weighted by atomic mass is 16.5. The lowest BCUT2D eigenvalue weighted by Crippen LogP contribution is -2.47. The van der Waals surface area contributed by atoms with Crippen LogP contribution in [0.2, 0.25) is 0 Å². The van der Waals surface area contributed by atoms with Gasteiger partial charge in [-0.15, -0.1) is 0 Å². The fourth-order valence-electron chi connectivity index (χ4n) is 4.04. The van der Waals surface area contributed by atoms with E-state index in [1.807, 2.05) is 42.2 Å². The van der Waals surface area contributed by atoms with Crippen molar-refractivity contribution in [3.05, 3.63) is 60.3 Å². The molecule has 4 rings (SSSR count). The standard InChI is InChI=1S/C23H28N4O2/c1-25-23(18-7-9-20(28)10-8-18)19(17-24-25)11-12-26-13-15-27(16-14-26)21-5-3-4-6-22(21)29-2/h3-10,17,28H,11-16H2,1-2H3. The molecule has 0 unspecified atom stereocenters. The monoisotopic (exact) mass is 392 g/mol. The summed E-state index contributed by atoms with van der Waals surface area (Å²) in [4.78, 5) is 4.92. The molecule has 1 saturated heterocycles. The Kier molecular flexibility index (Phi) is 5.71. The van der Waals surface area contributed by atoms with Gasteiger partial charge in [0.15, 0.2) is 0 Å². The predicted octanol–water partition coefficient (Wildman–Crippen LogP) is 3.17. The maximum Gasteiger partial charge on any atom is 0.142 e. The van der Waals surface area contributed by atoms with Crippen LogP contribution in [0.25, 0.3) is 11.3 Å². The average Bonchev–Trinajstić information content (AvgIpc) is 3.13. The summed E-state index contributed by atoms with van der Waals surface area (Å²) in [5.74, 6) is 1.22. The summed E-state index contributed by atoms with van der Waals surface area (Å²) in [5.41, 5.74) is 4.62. The number of anilines is 1. The minimum atomic E-state index is 0.283. The second-order valence-electron chi connectivity index (χ2n) is 7.44. The molecule has 0 spiro atoms. The third-order valence-corrected chi connectivity index (χ3v) is 5.65. The van der Waals surface area contributed by atoms with Crippen LogP contribution in [0.1, 0.15) is 5.56 Å². The molecule has 6 nitrogen and oxygen atoms in total. The Hall–Kier alpha value is -2.99. The number of phenolic OH excluding ortho intramolecular Hbond substituents is 1. The Bertz CT molecular complexity index is 944. The molecule has 29 heavy (non-hydrogen) atoms. The molecular weight excluding hydrogens is 364 g/mol. The Morgan fingerprint density at radius 1 is 1.00 bits per heavy atom. The molecule has 2 aromatic carbocycles. The van der Waals surface area contributed by atoms with Gasteiger partial charge in [0.2, 0.25) is 0 Å². The van der Waals surface area contributed by atoms with Crippen molar-refractivity contribution in [2.45, 2.75) is 6.42 Å². The van der Waals surface area contributed by atoms with E-state index < -0.39 is 0 Å². The zero-order chi connectivity index (χ0) is 20.2. The Morgan fingerprint density at radius 3 is 2.45 bits per heavy atom. The van der Waals surface area contributed by atoms with Crippen LogP contribution in [0.3, 0.4) is 0 Å². The summed E-state index contributed by atoms with van der Waals surface area (Å²) in [5, 5.41) is 14.0. The number of hydrogen-bond donors (Lipinski definition) is 1.